The van der Waals surface area contributed by atoms with Gasteiger partial charge in [0, 0.05) is 0 Å². The zero-order valence-corrected chi connectivity index (χ0v) is 9.76. The van der Waals surface area contributed by atoms with Crippen LogP contribution in [-0.2, 0) is 4.79 Å². The highest BCUT2D eigenvalue weighted by atomic mass is 16.1. The molecule has 1 aliphatic carbocycles. The highest BCUT2D eigenvalue weighted by molar-refractivity contribution is 6.02. The minimum absolute atomic E-state index is 0.294. The van der Waals surface area contributed by atoms with Gasteiger partial charge in [-0.3, -0.25) is 9.69 Å². The van der Waals surface area contributed by atoms with Crippen LogP contribution in [0.3, 0.4) is 0 Å². The Balaban J connectivity index is 2.78. The van der Waals surface area contributed by atoms with Crippen LogP contribution >= 0.6 is 0 Å². The first-order valence-electron chi connectivity index (χ1n) is 5.37. The molecule has 0 spiro atoms. The molecule has 0 amide bonds. The van der Waals surface area contributed by atoms with Gasteiger partial charge in [0.25, 0.3) is 0 Å². The fraction of sp³-hybridized carbons (Fsp3) is 0.750. The van der Waals surface area contributed by atoms with Crippen LogP contribution in [0.5, 0.6) is 0 Å². The number of allylic oxidation sites excluding steroid dienone is 1. The highest BCUT2D eigenvalue weighted by Crippen LogP contribution is 2.24. The van der Waals surface area contributed by atoms with E-state index >= 15 is 0 Å². The fourth-order valence-corrected chi connectivity index (χ4v) is 1.64. The predicted octanol–water partition coefficient (Wildman–Crippen LogP) is 2.40. The van der Waals surface area contributed by atoms with E-state index in [9.17, 15) is 4.79 Å². The molecule has 80 valence electrons. The molecule has 0 radical (unpaired) electrons. The van der Waals surface area contributed by atoms with Gasteiger partial charge in [-0.2, -0.15) is 0 Å². The molecular formula is C12H21NO. The number of rotatable bonds is 3. The molecule has 0 heterocycles. The number of Topliss-reactive ketones (excluding diaryl/α,β-unsaturated/α-hetero) is 1. The Labute approximate surface area is 87.0 Å². The topological polar surface area (TPSA) is 20.3 Å². The van der Waals surface area contributed by atoms with Crippen molar-refractivity contribution in [2.24, 2.45) is 0 Å². The maximum atomic E-state index is 12.2. The molecule has 0 bridgehead atoms. The SMILES string of the molecule is CN(C)C(C)(C)C(=O)C1=CCCCC1. The lowest BCUT2D eigenvalue weighted by molar-refractivity contribution is -0.124. The van der Waals surface area contributed by atoms with Crippen molar-refractivity contribution < 1.29 is 4.79 Å². The largest absolute Gasteiger partial charge is 0.297 e. The van der Waals surface area contributed by atoms with Crippen LogP contribution in [0, 0.1) is 0 Å². The zero-order chi connectivity index (χ0) is 10.8. The summed E-state index contributed by atoms with van der Waals surface area (Å²) >= 11 is 0. The lowest BCUT2D eigenvalue weighted by Gasteiger charge is -2.32. The molecular weight excluding hydrogens is 174 g/mol. The molecule has 0 aromatic rings. The van der Waals surface area contributed by atoms with Gasteiger partial charge in [-0.25, -0.2) is 0 Å². The molecule has 2 heteroatoms. The summed E-state index contributed by atoms with van der Waals surface area (Å²) in [4.78, 5) is 14.1. The first-order valence-corrected chi connectivity index (χ1v) is 5.37. The van der Waals surface area contributed by atoms with Crippen molar-refractivity contribution in [1.29, 1.82) is 0 Å². The molecule has 0 unspecified atom stereocenters. The van der Waals surface area contributed by atoms with Crippen molar-refractivity contribution in [3.05, 3.63) is 11.6 Å². The van der Waals surface area contributed by atoms with Gasteiger partial charge in [-0.05, 0) is 59.2 Å². The smallest absolute Gasteiger partial charge is 0.178 e. The van der Waals surface area contributed by atoms with E-state index in [4.69, 9.17) is 0 Å². The molecule has 0 N–H and O–H groups in total. The van der Waals surface area contributed by atoms with E-state index < -0.39 is 0 Å². The van der Waals surface area contributed by atoms with Gasteiger partial charge < -0.3 is 0 Å². The van der Waals surface area contributed by atoms with Crippen molar-refractivity contribution in [3.8, 4) is 0 Å². The molecule has 0 aliphatic heterocycles. The van der Waals surface area contributed by atoms with Crippen LogP contribution in [0.1, 0.15) is 39.5 Å². The molecule has 0 aromatic heterocycles. The molecule has 1 aliphatic rings. The molecule has 0 aromatic carbocycles. The summed E-state index contributed by atoms with van der Waals surface area (Å²) in [6.45, 7) is 3.98. The Morgan fingerprint density at radius 2 is 2.00 bits per heavy atom. The minimum Gasteiger partial charge on any atom is -0.297 e. The second-order valence-corrected chi connectivity index (χ2v) is 4.76. The van der Waals surface area contributed by atoms with Crippen molar-refractivity contribution in [2.75, 3.05) is 14.1 Å². The molecule has 0 atom stereocenters. The van der Waals surface area contributed by atoms with Crippen LogP contribution in [0.2, 0.25) is 0 Å². The molecule has 0 fully saturated rings. The first-order chi connectivity index (χ1) is 6.46. The van der Waals surface area contributed by atoms with Crippen molar-refractivity contribution >= 4 is 5.78 Å². The van der Waals surface area contributed by atoms with Gasteiger partial charge >= 0.3 is 0 Å². The van der Waals surface area contributed by atoms with E-state index in [1.165, 1.54) is 12.8 Å². The third-order valence-corrected chi connectivity index (χ3v) is 3.26. The normalized spacial score (nSPS) is 18.2. The predicted molar refractivity (Wildman–Crippen MR) is 59.3 cm³/mol. The molecule has 1 rings (SSSR count). The molecule has 0 saturated carbocycles. The third kappa shape index (κ3) is 2.24. The van der Waals surface area contributed by atoms with Crippen LogP contribution in [-0.4, -0.2) is 30.3 Å². The molecule has 14 heavy (non-hydrogen) atoms. The monoisotopic (exact) mass is 195 g/mol. The van der Waals surface area contributed by atoms with E-state index in [1.807, 2.05) is 32.8 Å². The van der Waals surface area contributed by atoms with Gasteiger partial charge in [-0.1, -0.05) is 6.08 Å². The summed E-state index contributed by atoms with van der Waals surface area (Å²) in [5.41, 5.74) is 0.679. The van der Waals surface area contributed by atoms with E-state index in [1.54, 1.807) is 0 Å². The maximum Gasteiger partial charge on any atom is 0.178 e. The zero-order valence-electron chi connectivity index (χ0n) is 9.76. The lowest BCUT2D eigenvalue weighted by Crippen LogP contribution is -2.46. The van der Waals surface area contributed by atoms with E-state index in [0.717, 1.165) is 18.4 Å². The Bertz CT molecular complexity index is 251. The standard InChI is InChI=1S/C12H21NO/c1-12(2,13(3)4)11(14)10-8-6-5-7-9-10/h8H,5-7,9H2,1-4H3. The van der Waals surface area contributed by atoms with Gasteiger partial charge in [0.2, 0.25) is 0 Å². The third-order valence-electron chi connectivity index (χ3n) is 3.26. The Morgan fingerprint density at radius 3 is 2.43 bits per heavy atom. The maximum absolute atomic E-state index is 12.2. The molecule has 2 nitrogen and oxygen atoms in total. The second kappa shape index (κ2) is 4.26. The number of nitrogens with zero attached hydrogens (tertiary/aromatic N) is 1. The minimum atomic E-state index is -0.358. The summed E-state index contributed by atoms with van der Waals surface area (Å²) in [5.74, 6) is 0.294. The van der Waals surface area contributed by atoms with Crippen LogP contribution in [0.15, 0.2) is 11.6 Å². The number of ketones is 1. The second-order valence-electron chi connectivity index (χ2n) is 4.76. The number of hydrogen-bond donors (Lipinski definition) is 0. The lowest BCUT2D eigenvalue weighted by atomic mass is 9.86. The quantitative estimate of drug-likeness (QED) is 0.689. The van der Waals surface area contributed by atoms with Gasteiger partial charge in [0.15, 0.2) is 5.78 Å². The van der Waals surface area contributed by atoms with Crippen LogP contribution in [0.4, 0.5) is 0 Å². The van der Waals surface area contributed by atoms with Gasteiger partial charge in [0.1, 0.15) is 0 Å². The van der Waals surface area contributed by atoms with Gasteiger partial charge in [0.05, 0.1) is 5.54 Å². The average molecular weight is 195 g/mol. The van der Waals surface area contributed by atoms with Crippen molar-refractivity contribution in [3.63, 3.8) is 0 Å². The average Bonchev–Trinajstić information content (AvgIpc) is 2.17. The number of carbonyl (C=O) groups is 1. The van der Waals surface area contributed by atoms with E-state index in [-0.39, 0.29) is 5.54 Å². The van der Waals surface area contributed by atoms with Gasteiger partial charge in [-0.15, -0.1) is 0 Å². The summed E-state index contributed by atoms with van der Waals surface area (Å²) in [7, 11) is 3.92. The summed E-state index contributed by atoms with van der Waals surface area (Å²) < 4.78 is 0. The van der Waals surface area contributed by atoms with Crippen molar-refractivity contribution in [2.45, 2.75) is 45.1 Å². The fourth-order valence-electron chi connectivity index (χ4n) is 1.64. The van der Waals surface area contributed by atoms with Crippen LogP contribution in [0.25, 0.3) is 0 Å². The summed E-state index contributed by atoms with van der Waals surface area (Å²) in [5, 5.41) is 0. The Morgan fingerprint density at radius 1 is 1.36 bits per heavy atom. The van der Waals surface area contributed by atoms with E-state index in [2.05, 4.69) is 6.08 Å². The number of carbonyl (C=O) groups excluding carboxylic acids is 1. The molecule has 0 saturated heterocycles. The first kappa shape index (κ1) is 11.4. The summed E-state index contributed by atoms with van der Waals surface area (Å²) in [6.07, 6.45) is 6.57. The summed E-state index contributed by atoms with van der Waals surface area (Å²) in [6, 6.07) is 0. The van der Waals surface area contributed by atoms with Crippen molar-refractivity contribution in [1.82, 2.24) is 4.90 Å². The highest BCUT2D eigenvalue weighted by Gasteiger charge is 2.32. The Hall–Kier alpha value is -0.630. The van der Waals surface area contributed by atoms with Crippen LogP contribution < -0.4 is 0 Å². The Kier molecular flexibility index (Phi) is 3.48. The van der Waals surface area contributed by atoms with E-state index in [0.29, 0.717) is 5.78 Å². The number of hydrogen-bond acceptors (Lipinski definition) is 2. The number of likely N-dealkylation sites (N-methyl/N-ethyl adjacent to an activating group) is 1.